The Kier molecular flexibility index (Phi) is 3.31. The SMILES string of the molecule is CN(Cc1cc(Br)cs1)c1cc2[nH]c(=O)oc2cc1N. The molecule has 1 aromatic carbocycles. The Morgan fingerprint density at radius 3 is 2.95 bits per heavy atom. The van der Waals surface area contributed by atoms with Crippen LogP contribution >= 0.6 is 27.3 Å². The van der Waals surface area contributed by atoms with Crippen molar-refractivity contribution in [3.05, 3.63) is 43.5 Å². The van der Waals surface area contributed by atoms with E-state index in [1.165, 1.54) is 4.88 Å². The fourth-order valence-corrected chi connectivity index (χ4v) is 3.59. The molecule has 0 atom stereocenters. The molecule has 2 aromatic heterocycles. The Morgan fingerprint density at radius 1 is 1.45 bits per heavy atom. The van der Waals surface area contributed by atoms with Gasteiger partial charge in [0.05, 0.1) is 23.4 Å². The second-order valence-corrected chi connectivity index (χ2v) is 6.42. The first kappa shape index (κ1) is 13.3. The van der Waals surface area contributed by atoms with Gasteiger partial charge in [0.15, 0.2) is 5.58 Å². The molecule has 0 fully saturated rings. The summed E-state index contributed by atoms with van der Waals surface area (Å²) in [5.41, 5.74) is 8.60. The van der Waals surface area contributed by atoms with E-state index in [0.29, 0.717) is 16.8 Å². The van der Waals surface area contributed by atoms with Crippen molar-refractivity contribution in [2.24, 2.45) is 0 Å². The highest BCUT2D eigenvalue weighted by molar-refractivity contribution is 9.10. The second kappa shape index (κ2) is 4.99. The summed E-state index contributed by atoms with van der Waals surface area (Å²) in [6.07, 6.45) is 0. The first-order valence-electron chi connectivity index (χ1n) is 5.89. The summed E-state index contributed by atoms with van der Waals surface area (Å²) >= 11 is 5.12. The van der Waals surface area contributed by atoms with Gasteiger partial charge in [0, 0.05) is 27.8 Å². The van der Waals surface area contributed by atoms with Gasteiger partial charge in [0.25, 0.3) is 0 Å². The van der Waals surface area contributed by atoms with Gasteiger partial charge in [0.2, 0.25) is 0 Å². The Labute approximate surface area is 127 Å². The van der Waals surface area contributed by atoms with Crippen molar-refractivity contribution in [2.45, 2.75) is 6.54 Å². The number of anilines is 2. The highest BCUT2D eigenvalue weighted by Crippen LogP contribution is 2.29. The Hall–Kier alpha value is -1.73. The van der Waals surface area contributed by atoms with Gasteiger partial charge >= 0.3 is 5.76 Å². The Bertz CT molecular complexity index is 820. The van der Waals surface area contributed by atoms with E-state index in [1.54, 1.807) is 17.4 Å². The summed E-state index contributed by atoms with van der Waals surface area (Å²) in [6.45, 7) is 0.744. The normalized spacial score (nSPS) is 11.1. The van der Waals surface area contributed by atoms with E-state index in [2.05, 4.69) is 27.0 Å². The fourth-order valence-electron chi connectivity index (χ4n) is 2.09. The number of H-pyrrole nitrogens is 1. The van der Waals surface area contributed by atoms with Crippen LogP contribution in [0.4, 0.5) is 11.4 Å². The van der Waals surface area contributed by atoms with Crippen molar-refractivity contribution in [3.63, 3.8) is 0 Å². The number of thiophene rings is 1. The Morgan fingerprint density at radius 2 is 2.25 bits per heavy atom. The summed E-state index contributed by atoms with van der Waals surface area (Å²) in [5.74, 6) is -0.471. The first-order chi connectivity index (χ1) is 9.52. The van der Waals surface area contributed by atoms with E-state index < -0.39 is 5.76 Å². The summed E-state index contributed by atoms with van der Waals surface area (Å²) < 4.78 is 6.07. The number of benzene rings is 1. The third-order valence-electron chi connectivity index (χ3n) is 2.99. The minimum atomic E-state index is -0.471. The summed E-state index contributed by atoms with van der Waals surface area (Å²) in [7, 11) is 1.96. The molecule has 20 heavy (non-hydrogen) atoms. The first-order valence-corrected chi connectivity index (χ1v) is 7.56. The quantitative estimate of drug-likeness (QED) is 0.709. The van der Waals surface area contributed by atoms with Crippen molar-refractivity contribution >= 4 is 49.7 Å². The minimum absolute atomic E-state index is 0.471. The summed E-state index contributed by atoms with van der Waals surface area (Å²) in [5, 5.41) is 2.04. The zero-order valence-corrected chi connectivity index (χ0v) is 13.0. The van der Waals surface area contributed by atoms with E-state index in [9.17, 15) is 4.79 Å². The zero-order chi connectivity index (χ0) is 14.3. The molecule has 0 aliphatic heterocycles. The molecule has 0 saturated carbocycles. The topological polar surface area (TPSA) is 75.3 Å². The van der Waals surface area contributed by atoms with Gasteiger partial charge < -0.3 is 15.1 Å². The van der Waals surface area contributed by atoms with Crippen LogP contribution in [0.5, 0.6) is 0 Å². The summed E-state index contributed by atoms with van der Waals surface area (Å²) in [4.78, 5) is 17.1. The number of rotatable bonds is 3. The largest absolute Gasteiger partial charge is 0.417 e. The van der Waals surface area contributed by atoms with Crippen LogP contribution < -0.4 is 16.4 Å². The fraction of sp³-hybridized carbons (Fsp3) is 0.154. The lowest BCUT2D eigenvalue weighted by Gasteiger charge is -2.20. The van der Waals surface area contributed by atoms with E-state index in [1.807, 2.05) is 23.4 Å². The van der Waals surface area contributed by atoms with E-state index in [0.717, 1.165) is 16.7 Å². The number of aromatic amines is 1. The number of nitrogens with two attached hydrogens (primary N) is 1. The molecule has 3 rings (SSSR count). The van der Waals surface area contributed by atoms with E-state index in [4.69, 9.17) is 10.2 Å². The van der Waals surface area contributed by atoms with Crippen LogP contribution in [-0.4, -0.2) is 12.0 Å². The molecule has 0 unspecified atom stereocenters. The molecule has 3 aromatic rings. The van der Waals surface area contributed by atoms with Crippen LogP contribution in [0.1, 0.15) is 4.88 Å². The molecule has 5 nitrogen and oxygen atoms in total. The third-order valence-corrected chi connectivity index (χ3v) is 4.68. The van der Waals surface area contributed by atoms with Crippen molar-refractivity contribution in [1.29, 1.82) is 0 Å². The molecule has 0 bridgehead atoms. The van der Waals surface area contributed by atoms with Gasteiger partial charge in [-0.1, -0.05) is 0 Å². The lowest BCUT2D eigenvalue weighted by Crippen LogP contribution is -2.17. The van der Waals surface area contributed by atoms with Gasteiger partial charge in [-0.3, -0.25) is 4.98 Å². The van der Waals surface area contributed by atoms with Crippen molar-refractivity contribution in [2.75, 3.05) is 17.7 Å². The molecule has 0 amide bonds. The van der Waals surface area contributed by atoms with Gasteiger partial charge in [-0.05, 0) is 28.1 Å². The van der Waals surface area contributed by atoms with Crippen LogP contribution in [0, 0.1) is 0 Å². The maximum Gasteiger partial charge on any atom is 0.417 e. The van der Waals surface area contributed by atoms with Crippen LogP contribution in [0.25, 0.3) is 11.1 Å². The number of fused-ring (bicyclic) bond motifs is 1. The average molecular weight is 354 g/mol. The second-order valence-electron chi connectivity index (χ2n) is 4.51. The maximum absolute atomic E-state index is 11.2. The maximum atomic E-state index is 11.2. The molecular formula is C13H12BrN3O2S. The smallest absolute Gasteiger partial charge is 0.408 e. The number of hydrogen-bond acceptors (Lipinski definition) is 5. The van der Waals surface area contributed by atoms with Crippen molar-refractivity contribution < 1.29 is 4.42 Å². The number of oxazole rings is 1. The monoisotopic (exact) mass is 353 g/mol. The molecule has 7 heteroatoms. The van der Waals surface area contributed by atoms with Crippen LogP contribution in [0.15, 0.2) is 37.3 Å². The number of nitrogens with one attached hydrogen (secondary N) is 1. The van der Waals surface area contributed by atoms with Crippen LogP contribution in [0.3, 0.4) is 0 Å². The van der Waals surface area contributed by atoms with Crippen molar-refractivity contribution in [3.8, 4) is 0 Å². The predicted octanol–water partition coefficient (Wildman–Crippen LogP) is 3.16. The number of halogens is 1. The standard InChI is InChI=1S/C13H12BrN3O2S/c1-17(5-8-2-7(14)6-20-8)11-4-10-12(3-9(11)15)19-13(18)16-10/h2-4,6H,5,15H2,1H3,(H,16,18). The highest BCUT2D eigenvalue weighted by Gasteiger charge is 2.11. The van der Waals surface area contributed by atoms with Crippen LogP contribution in [0.2, 0.25) is 0 Å². The Balaban J connectivity index is 1.95. The lowest BCUT2D eigenvalue weighted by molar-refractivity contribution is 0.555. The van der Waals surface area contributed by atoms with E-state index >= 15 is 0 Å². The van der Waals surface area contributed by atoms with Gasteiger partial charge in [0.1, 0.15) is 0 Å². The molecule has 0 aliphatic rings. The van der Waals surface area contributed by atoms with Crippen molar-refractivity contribution in [1.82, 2.24) is 4.98 Å². The highest BCUT2D eigenvalue weighted by atomic mass is 79.9. The lowest BCUT2D eigenvalue weighted by atomic mass is 10.2. The molecule has 104 valence electrons. The minimum Gasteiger partial charge on any atom is -0.408 e. The van der Waals surface area contributed by atoms with E-state index in [-0.39, 0.29) is 0 Å². The average Bonchev–Trinajstić information content (AvgIpc) is 2.93. The van der Waals surface area contributed by atoms with Crippen LogP contribution in [-0.2, 0) is 6.54 Å². The number of hydrogen-bond donors (Lipinski definition) is 2. The molecule has 0 saturated heterocycles. The zero-order valence-electron chi connectivity index (χ0n) is 10.6. The molecule has 0 aliphatic carbocycles. The summed E-state index contributed by atoms with van der Waals surface area (Å²) in [6, 6.07) is 5.58. The number of aromatic nitrogens is 1. The number of nitrogens with zero attached hydrogens (tertiary/aromatic N) is 1. The molecule has 0 radical (unpaired) electrons. The molecular weight excluding hydrogens is 342 g/mol. The number of nitrogen functional groups attached to an aromatic ring is 1. The van der Waals surface area contributed by atoms with Gasteiger partial charge in [-0.25, -0.2) is 4.79 Å². The van der Waals surface area contributed by atoms with Gasteiger partial charge in [-0.15, -0.1) is 11.3 Å². The molecule has 2 heterocycles. The third kappa shape index (κ3) is 2.46. The molecule has 3 N–H and O–H groups in total. The van der Waals surface area contributed by atoms with Gasteiger partial charge in [-0.2, -0.15) is 0 Å². The predicted molar refractivity (Wildman–Crippen MR) is 85.4 cm³/mol. The molecule has 0 spiro atoms.